The van der Waals surface area contributed by atoms with Gasteiger partial charge in [-0.3, -0.25) is 14.5 Å². The Kier molecular flexibility index (Phi) is 5.20. The Morgan fingerprint density at radius 3 is 2.29 bits per heavy atom. The van der Waals surface area contributed by atoms with Crippen LogP contribution in [0.3, 0.4) is 0 Å². The molecule has 0 bridgehead atoms. The number of rotatable bonds is 4. The SMILES string of the molecule is CS(=O)(=O)OC1=C(c2ccccc2)C2(C(=O)Nc3cc(Cl)ccc32)N(c2cccc(Cl)c2)C1=O. The largest absolute Gasteiger partial charge is 0.376 e. The second-order valence-corrected chi connectivity index (χ2v) is 10.3. The van der Waals surface area contributed by atoms with Crippen LogP contribution in [0.1, 0.15) is 11.1 Å². The maximum Gasteiger partial charge on any atom is 0.306 e. The minimum atomic E-state index is -4.13. The number of carbonyl (C=O) groups excluding carboxylic acids is 2. The smallest absolute Gasteiger partial charge is 0.306 e. The van der Waals surface area contributed by atoms with Gasteiger partial charge in [0.15, 0.2) is 5.54 Å². The third kappa shape index (κ3) is 3.37. The summed E-state index contributed by atoms with van der Waals surface area (Å²) >= 11 is 12.4. The summed E-state index contributed by atoms with van der Waals surface area (Å²) in [4.78, 5) is 29.0. The topological polar surface area (TPSA) is 92.8 Å². The zero-order valence-corrected chi connectivity index (χ0v) is 19.9. The zero-order valence-electron chi connectivity index (χ0n) is 17.6. The van der Waals surface area contributed by atoms with Crippen molar-refractivity contribution in [1.82, 2.24) is 0 Å². The molecule has 0 saturated heterocycles. The highest BCUT2D eigenvalue weighted by atomic mass is 35.5. The molecule has 2 amide bonds. The highest BCUT2D eigenvalue weighted by Gasteiger charge is 2.63. The molecule has 0 fully saturated rings. The fourth-order valence-electron chi connectivity index (χ4n) is 4.48. The monoisotopic (exact) mass is 514 g/mol. The first kappa shape index (κ1) is 22.5. The van der Waals surface area contributed by atoms with Crippen LogP contribution in [0.15, 0.2) is 78.6 Å². The first-order valence-electron chi connectivity index (χ1n) is 10.0. The van der Waals surface area contributed by atoms with E-state index in [1.165, 1.54) is 11.0 Å². The van der Waals surface area contributed by atoms with Crippen molar-refractivity contribution in [3.63, 3.8) is 0 Å². The van der Waals surface area contributed by atoms with Gasteiger partial charge in [-0.05, 0) is 35.9 Å². The van der Waals surface area contributed by atoms with E-state index >= 15 is 0 Å². The van der Waals surface area contributed by atoms with Gasteiger partial charge in [0.1, 0.15) is 0 Å². The predicted molar refractivity (Wildman–Crippen MR) is 130 cm³/mol. The molecule has 3 aromatic rings. The third-order valence-electron chi connectivity index (χ3n) is 5.63. The van der Waals surface area contributed by atoms with Gasteiger partial charge in [0, 0.05) is 32.6 Å². The summed E-state index contributed by atoms with van der Waals surface area (Å²) in [6.07, 6.45) is 0.840. The number of carbonyl (C=O) groups is 2. The number of nitrogens with one attached hydrogen (secondary N) is 1. The van der Waals surface area contributed by atoms with E-state index < -0.39 is 33.2 Å². The number of anilines is 2. The standard InChI is InChI=1S/C24H16Cl2N2O5S/c1-34(31,32)33-21-20(14-6-3-2-4-7-14)24(18-11-10-16(26)13-19(18)27-23(24)30)28(22(21)29)17-9-5-8-15(25)12-17/h2-13H,1H3,(H,27,30). The van der Waals surface area contributed by atoms with Gasteiger partial charge in [0.05, 0.1) is 6.26 Å². The third-order valence-corrected chi connectivity index (χ3v) is 6.57. The number of benzene rings is 3. The van der Waals surface area contributed by atoms with Gasteiger partial charge in [-0.25, -0.2) is 0 Å². The van der Waals surface area contributed by atoms with Gasteiger partial charge >= 0.3 is 10.1 Å². The van der Waals surface area contributed by atoms with Gasteiger partial charge in [-0.1, -0.05) is 65.7 Å². The van der Waals surface area contributed by atoms with Gasteiger partial charge in [-0.15, -0.1) is 0 Å². The van der Waals surface area contributed by atoms with Crippen molar-refractivity contribution in [1.29, 1.82) is 0 Å². The van der Waals surface area contributed by atoms with Gasteiger partial charge < -0.3 is 9.50 Å². The molecule has 3 aromatic carbocycles. The molecule has 0 aromatic heterocycles. The Morgan fingerprint density at radius 1 is 0.912 bits per heavy atom. The number of hydrogen-bond donors (Lipinski definition) is 1. The average molecular weight is 515 g/mol. The van der Waals surface area contributed by atoms with Crippen LogP contribution < -0.4 is 10.2 Å². The van der Waals surface area contributed by atoms with Crippen LogP contribution in [-0.4, -0.2) is 26.5 Å². The van der Waals surface area contributed by atoms with Crippen LogP contribution in [0.4, 0.5) is 11.4 Å². The lowest BCUT2D eigenvalue weighted by Gasteiger charge is -2.35. The lowest BCUT2D eigenvalue weighted by Crippen LogP contribution is -2.50. The molecule has 0 aliphatic carbocycles. The normalized spacial score (nSPS) is 19.6. The predicted octanol–water partition coefficient (Wildman–Crippen LogP) is 4.58. The van der Waals surface area contributed by atoms with Crippen molar-refractivity contribution in [3.05, 3.63) is 99.7 Å². The molecule has 34 heavy (non-hydrogen) atoms. The molecular formula is C24H16Cl2N2O5S. The number of fused-ring (bicyclic) bond motifs is 2. The molecule has 0 radical (unpaired) electrons. The van der Waals surface area contributed by atoms with E-state index in [0.717, 1.165) is 6.26 Å². The second-order valence-electron chi connectivity index (χ2n) is 7.83. The molecule has 1 unspecified atom stereocenters. The van der Waals surface area contributed by atoms with E-state index in [4.69, 9.17) is 27.4 Å². The van der Waals surface area contributed by atoms with Crippen LogP contribution in [-0.2, 0) is 29.4 Å². The Hall–Kier alpha value is -3.33. The first-order valence-corrected chi connectivity index (χ1v) is 12.6. The van der Waals surface area contributed by atoms with Gasteiger partial charge in [0.25, 0.3) is 11.8 Å². The highest BCUT2D eigenvalue weighted by Crippen LogP contribution is 2.56. The molecule has 2 aliphatic heterocycles. The molecule has 10 heteroatoms. The Bertz CT molecular complexity index is 1500. The summed E-state index contributed by atoms with van der Waals surface area (Å²) in [6, 6.07) is 19.8. The molecule has 7 nitrogen and oxygen atoms in total. The number of hydrogen-bond acceptors (Lipinski definition) is 5. The molecular weight excluding hydrogens is 499 g/mol. The van der Waals surface area contributed by atoms with Crippen LogP contribution in [0, 0.1) is 0 Å². The molecule has 1 N–H and O–H groups in total. The van der Waals surface area contributed by atoms with Crippen molar-refractivity contribution in [2.75, 3.05) is 16.5 Å². The van der Waals surface area contributed by atoms with Crippen molar-refractivity contribution < 1.29 is 22.2 Å². The highest BCUT2D eigenvalue weighted by molar-refractivity contribution is 7.86. The first-order chi connectivity index (χ1) is 16.1. The summed E-state index contributed by atoms with van der Waals surface area (Å²) in [7, 11) is -4.13. The van der Waals surface area contributed by atoms with E-state index in [9.17, 15) is 18.0 Å². The lowest BCUT2D eigenvalue weighted by atomic mass is 9.80. The Labute approximate surface area is 205 Å². The molecule has 5 rings (SSSR count). The van der Waals surface area contributed by atoms with Gasteiger partial charge in [-0.2, -0.15) is 8.42 Å². The quantitative estimate of drug-likeness (QED) is 0.514. The Balaban J connectivity index is 1.92. The molecule has 2 aliphatic rings. The van der Waals surface area contributed by atoms with Crippen LogP contribution in [0.25, 0.3) is 5.57 Å². The van der Waals surface area contributed by atoms with Crippen molar-refractivity contribution in [2.24, 2.45) is 0 Å². The van der Waals surface area contributed by atoms with E-state index in [2.05, 4.69) is 5.32 Å². The minimum Gasteiger partial charge on any atom is -0.376 e. The minimum absolute atomic E-state index is 0.0991. The van der Waals surface area contributed by atoms with Gasteiger partial charge in [0.2, 0.25) is 5.76 Å². The molecule has 172 valence electrons. The zero-order chi connectivity index (χ0) is 24.3. The van der Waals surface area contributed by atoms with E-state index in [1.807, 2.05) is 0 Å². The van der Waals surface area contributed by atoms with Crippen LogP contribution >= 0.6 is 23.2 Å². The van der Waals surface area contributed by atoms with E-state index in [1.54, 1.807) is 66.7 Å². The Morgan fingerprint density at radius 2 is 1.62 bits per heavy atom. The number of nitrogens with zero attached hydrogens (tertiary/aromatic N) is 1. The summed E-state index contributed by atoms with van der Waals surface area (Å²) in [5.74, 6) is -1.83. The number of halogens is 2. The summed E-state index contributed by atoms with van der Waals surface area (Å²) in [5.41, 5.74) is -0.133. The van der Waals surface area contributed by atoms with E-state index in [-0.39, 0.29) is 11.3 Å². The number of amides is 2. The average Bonchev–Trinajstić information content (AvgIpc) is 3.18. The van der Waals surface area contributed by atoms with Crippen molar-refractivity contribution >= 4 is 62.1 Å². The molecule has 0 saturated carbocycles. The second kappa shape index (κ2) is 7.87. The van der Waals surface area contributed by atoms with Crippen molar-refractivity contribution in [3.8, 4) is 0 Å². The summed E-state index contributed by atoms with van der Waals surface area (Å²) in [6.45, 7) is 0. The summed E-state index contributed by atoms with van der Waals surface area (Å²) in [5, 5.41) is 3.51. The fraction of sp³-hybridized carbons (Fsp3) is 0.0833. The molecule has 2 heterocycles. The maximum atomic E-state index is 13.9. The lowest BCUT2D eigenvalue weighted by molar-refractivity contribution is -0.123. The fourth-order valence-corrected chi connectivity index (χ4v) is 5.29. The molecule has 1 atom stereocenters. The van der Waals surface area contributed by atoms with Crippen LogP contribution in [0.2, 0.25) is 10.0 Å². The van der Waals surface area contributed by atoms with E-state index in [0.29, 0.717) is 26.9 Å². The summed E-state index contributed by atoms with van der Waals surface area (Å²) < 4.78 is 29.7. The molecule has 1 spiro atoms. The van der Waals surface area contributed by atoms with Crippen LogP contribution in [0.5, 0.6) is 0 Å². The van der Waals surface area contributed by atoms with Crippen molar-refractivity contribution in [2.45, 2.75) is 5.54 Å². The maximum absolute atomic E-state index is 13.9.